The predicted molar refractivity (Wildman–Crippen MR) is 114 cm³/mol. The molecule has 0 saturated carbocycles. The number of carbonyl (C=O) groups is 2. The minimum atomic E-state index is -0.680. The summed E-state index contributed by atoms with van der Waals surface area (Å²) in [5.41, 5.74) is 1.77. The van der Waals surface area contributed by atoms with Gasteiger partial charge in [0, 0.05) is 6.20 Å². The van der Waals surface area contributed by atoms with Crippen LogP contribution in [0.2, 0.25) is 0 Å². The monoisotopic (exact) mass is 394 g/mol. The average molecular weight is 394 g/mol. The fourth-order valence-corrected chi connectivity index (χ4v) is 4.11. The molecule has 1 unspecified atom stereocenters. The maximum atomic E-state index is 12.5. The van der Waals surface area contributed by atoms with Crippen LogP contribution in [0.25, 0.3) is 5.52 Å². The fraction of sp³-hybridized carbons (Fsp3) is 0.455. The molecule has 152 valence electrons. The SMILES string of the molecule is CC1C(=O)C=CC(=Nc2c(NCC[N+]3(C)CCCCC3)nn3ccccc23)C1=O. The van der Waals surface area contributed by atoms with E-state index in [0.29, 0.717) is 17.2 Å². The molecule has 0 aromatic carbocycles. The van der Waals surface area contributed by atoms with Gasteiger partial charge in [-0.25, -0.2) is 9.51 Å². The number of hydrogen-bond acceptors (Lipinski definition) is 5. The van der Waals surface area contributed by atoms with E-state index in [1.165, 1.54) is 44.5 Å². The first kappa shape index (κ1) is 19.5. The summed E-state index contributed by atoms with van der Waals surface area (Å²) >= 11 is 0. The number of nitrogens with one attached hydrogen (secondary N) is 1. The third kappa shape index (κ3) is 4.00. The molecule has 1 fully saturated rings. The van der Waals surface area contributed by atoms with E-state index in [2.05, 4.69) is 22.5 Å². The second-order valence-electron chi connectivity index (χ2n) is 8.32. The van der Waals surface area contributed by atoms with E-state index in [9.17, 15) is 9.59 Å². The maximum absolute atomic E-state index is 12.5. The number of piperidine rings is 1. The van der Waals surface area contributed by atoms with Crippen molar-refractivity contribution < 1.29 is 14.1 Å². The maximum Gasteiger partial charge on any atom is 0.191 e. The molecule has 0 radical (unpaired) electrons. The molecule has 2 aromatic rings. The van der Waals surface area contributed by atoms with Crippen molar-refractivity contribution in [3.8, 4) is 0 Å². The van der Waals surface area contributed by atoms with Gasteiger partial charge in [0.15, 0.2) is 17.4 Å². The van der Waals surface area contributed by atoms with E-state index < -0.39 is 5.92 Å². The topological polar surface area (TPSA) is 75.8 Å². The van der Waals surface area contributed by atoms with Crippen molar-refractivity contribution in [3.05, 3.63) is 36.5 Å². The molecule has 4 rings (SSSR count). The number of quaternary nitrogens is 1. The third-order valence-electron chi connectivity index (χ3n) is 6.06. The van der Waals surface area contributed by atoms with Crippen LogP contribution in [0.4, 0.5) is 11.5 Å². The van der Waals surface area contributed by atoms with Crippen molar-refractivity contribution in [2.24, 2.45) is 10.9 Å². The molecule has 0 bridgehead atoms. The minimum Gasteiger partial charge on any atom is -0.361 e. The van der Waals surface area contributed by atoms with E-state index in [1.54, 1.807) is 11.4 Å². The number of rotatable bonds is 5. The van der Waals surface area contributed by atoms with E-state index in [0.717, 1.165) is 23.1 Å². The van der Waals surface area contributed by atoms with Gasteiger partial charge < -0.3 is 9.80 Å². The first-order valence-corrected chi connectivity index (χ1v) is 10.4. The second kappa shape index (κ2) is 7.91. The Morgan fingerprint density at radius 1 is 1.21 bits per heavy atom. The first-order chi connectivity index (χ1) is 14.0. The lowest BCUT2D eigenvalue weighted by atomic mass is 9.92. The summed E-state index contributed by atoms with van der Waals surface area (Å²) in [6.07, 6.45) is 8.72. The average Bonchev–Trinajstić information content (AvgIpc) is 3.06. The summed E-state index contributed by atoms with van der Waals surface area (Å²) in [6.45, 7) is 5.87. The van der Waals surface area contributed by atoms with Gasteiger partial charge in [0.25, 0.3) is 0 Å². The van der Waals surface area contributed by atoms with E-state index >= 15 is 0 Å². The summed E-state index contributed by atoms with van der Waals surface area (Å²) in [5, 5.41) is 8.07. The van der Waals surface area contributed by atoms with E-state index in [4.69, 9.17) is 0 Å². The third-order valence-corrected chi connectivity index (χ3v) is 6.06. The van der Waals surface area contributed by atoms with Crippen molar-refractivity contribution in [3.63, 3.8) is 0 Å². The van der Waals surface area contributed by atoms with Gasteiger partial charge in [0.2, 0.25) is 0 Å². The summed E-state index contributed by atoms with van der Waals surface area (Å²) < 4.78 is 2.84. The minimum absolute atomic E-state index is 0.175. The molecular formula is C22H28N5O2+. The highest BCUT2D eigenvalue weighted by molar-refractivity contribution is 6.50. The van der Waals surface area contributed by atoms with Crippen LogP contribution in [0.15, 0.2) is 41.5 Å². The molecule has 1 N–H and O–H groups in total. The van der Waals surface area contributed by atoms with Crippen LogP contribution in [-0.2, 0) is 9.59 Å². The van der Waals surface area contributed by atoms with Gasteiger partial charge in [-0.1, -0.05) is 6.07 Å². The molecule has 3 heterocycles. The van der Waals surface area contributed by atoms with Gasteiger partial charge in [-0.3, -0.25) is 9.59 Å². The number of allylic oxidation sites excluding steroid dienone is 2. The number of anilines is 1. The zero-order valence-electron chi connectivity index (χ0n) is 17.1. The number of likely N-dealkylation sites (N-methyl/N-ethyl adjacent to an activating group) is 1. The molecular weight excluding hydrogens is 366 g/mol. The van der Waals surface area contributed by atoms with Gasteiger partial charge in [-0.05, 0) is 50.5 Å². The molecule has 0 spiro atoms. The van der Waals surface area contributed by atoms with Crippen LogP contribution in [0.3, 0.4) is 0 Å². The lowest BCUT2D eigenvalue weighted by molar-refractivity contribution is -0.912. The van der Waals surface area contributed by atoms with E-state index in [-0.39, 0.29) is 11.6 Å². The normalized spacial score (nSPS) is 23.1. The van der Waals surface area contributed by atoms with E-state index in [1.807, 2.05) is 24.4 Å². The van der Waals surface area contributed by atoms with Crippen LogP contribution in [0, 0.1) is 5.92 Å². The summed E-state index contributed by atoms with van der Waals surface area (Å²) in [5.74, 6) is -0.436. The Labute approximate surface area is 170 Å². The lowest BCUT2D eigenvalue weighted by Crippen LogP contribution is -2.50. The number of likely N-dealkylation sites (tertiary alicyclic amines) is 1. The van der Waals surface area contributed by atoms with Gasteiger partial charge in [0.05, 0.1) is 44.7 Å². The van der Waals surface area contributed by atoms with Crippen LogP contribution in [-0.4, -0.2) is 64.6 Å². The Hall–Kier alpha value is -2.80. The Kier molecular flexibility index (Phi) is 5.32. The zero-order chi connectivity index (χ0) is 20.4. The number of ketones is 2. The number of fused-ring (bicyclic) bond motifs is 1. The number of carbonyl (C=O) groups excluding carboxylic acids is 2. The summed E-state index contributed by atoms with van der Waals surface area (Å²) in [6, 6.07) is 5.77. The number of pyridine rings is 1. The number of Topliss-reactive ketones (excluding diaryl/α,β-unsaturated/α-hetero) is 1. The molecule has 29 heavy (non-hydrogen) atoms. The summed E-state index contributed by atoms with van der Waals surface area (Å²) in [4.78, 5) is 28.9. The quantitative estimate of drug-likeness (QED) is 0.625. The first-order valence-electron chi connectivity index (χ1n) is 10.4. The molecule has 7 nitrogen and oxygen atoms in total. The van der Waals surface area contributed by atoms with Crippen LogP contribution in [0.1, 0.15) is 26.2 Å². The Bertz CT molecular complexity index is 998. The Morgan fingerprint density at radius 2 is 2.00 bits per heavy atom. The largest absolute Gasteiger partial charge is 0.361 e. The van der Waals surface area contributed by atoms with Gasteiger partial charge in [0.1, 0.15) is 11.4 Å². The smallest absolute Gasteiger partial charge is 0.191 e. The van der Waals surface area contributed by atoms with Gasteiger partial charge >= 0.3 is 0 Å². The highest BCUT2D eigenvalue weighted by atomic mass is 16.2. The molecule has 1 atom stereocenters. The van der Waals surface area contributed by atoms with Crippen LogP contribution < -0.4 is 5.32 Å². The highest BCUT2D eigenvalue weighted by Gasteiger charge is 2.28. The van der Waals surface area contributed by atoms with Crippen molar-refractivity contribution in [2.45, 2.75) is 26.2 Å². The fourth-order valence-electron chi connectivity index (χ4n) is 4.11. The Morgan fingerprint density at radius 3 is 2.79 bits per heavy atom. The molecule has 2 aromatic heterocycles. The van der Waals surface area contributed by atoms with Crippen molar-refractivity contribution in [1.82, 2.24) is 9.61 Å². The molecule has 1 aliphatic carbocycles. The van der Waals surface area contributed by atoms with Crippen molar-refractivity contribution in [1.29, 1.82) is 0 Å². The molecule has 1 aliphatic heterocycles. The predicted octanol–water partition coefficient (Wildman–Crippen LogP) is 2.79. The standard InChI is InChI=1S/C22H28N5O2/c1-16-19(28)10-9-17(21(16)29)24-20-18-8-4-5-12-26(18)25-22(20)23-11-15-27(2)13-6-3-7-14-27/h4-5,8-10,12,16H,3,6-7,11,13-15H2,1-2H3,(H,23,25)/q+1. The molecule has 1 saturated heterocycles. The Balaban J connectivity index is 1.61. The molecule has 2 aliphatic rings. The lowest BCUT2D eigenvalue weighted by Gasteiger charge is -2.37. The number of hydrogen-bond donors (Lipinski definition) is 1. The zero-order valence-corrected chi connectivity index (χ0v) is 17.1. The number of aliphatic imine (C=N–C) groups is 1. The highest BCUT2D eigenvalue weighted by Crippen LogP contribution is 2.31. The molecule has 7 heteroatoms. The number of nitrogens with zero attached hydrogens (tertiary/aromatic N) is 4. The molecule has 0 amide bonds. The summed E-state index contributed by atoms with van der Waals surface area (Å²) in [7, 11) is 2.32. The van der Waals surface area contributed by atoms with Gasteiger partial charge in [-0.2, -0.15) is 0 Å². The van der Waals surface area contributed by atoms with Crippen molar-refractivity contribution in [2.75, 3.05) is 38.5 Å². The van der Waals surface area contributed by atoms with Crippen LogP contribution >= 0.6 is 0 Å². The van der Waals surface area contributed by atoms with Gasteiger partial charge in [-0.15, -0.1) is 5.10 Å². The van der Waals surface area contributed by atoms with Crippen LogP contribution in [0.5, 0.6) is 0 Å². The number of aromatic nitrogens is 2. The second-order valence-corrected chi connectivity index (χ2v) is 8.32. The van der Waals surface area contributed by atoms with Crippen molar-refractivity contribution >= 4 is 34.3 Å².